The van der Waals surface area contributed by atoms with Gasteiger partial charge in [0.05, 0.1) is 11.0 Å². The van der Waals surface area contributed by atoms with E-state index in [1.54, 1.807) is 0 Å². The number of imidazole rings is 1. The third-order valence-corrected chi connectivity index (χ3v) is 1.59. The first kappa shape index (κ1) is 11.5. The SMILES string of the molecule is Nc1nc2ccccc2[nH]1.O=C(O)C(=O)O. The Kier molecular flexibility index (Phi) is 3.44. The van der Waals surface area contributed by atoms with Crippen LogP contribution in [0.1, 0.15) is 0 Å². The second-order valence-corrected chi connectivity index (χ2v) is 2.75. The van der Waals surface area contributed by atoms with Crippen LogP contribution in [0.4, 0.5) is 5.95 Å². The van der Waals surface area contributed by atoms with Crippen molar-refractivity contribution in [3.05, 3.63) is 24.3 Å². The first-order valence-corrected chi connectivity index (χ1v) is 4.17. The second-order valence-electron chi connectivity index (χ2n) is 2.75. The lowest BCUT2D eigenvalue weighted by Crippen LogP contribution is -2.09. The number of para-hydroxylation sites is 2. The smallest absolute Gasteiger partial charge is 0.414 e. The number of carboxylic acids is 2. The van der Waals surface area contributed by atoms with Gasteiger partial charge in [-0.1, -0.05) is 12.1 Å². The summed E-state index contributed by atoms with van der Waals surface area (Å²) in [5.41, 5.74) is 7.33. The predicted octanol–water partition coefficient (Wildman–Crippen LogP) is 0.301. The van der Waals surface area contributed by atoms with E-state index in [9.17, 15) is 0 Å². The monoisotopic (exact) mass is 223 g/mol. The Bertz CT molecular complexity index is 475. The maximum absolute atomic E-state index is 9.10. The Morgan fingerprint density at radius 1 is 1.19 bits per heavy atom. The van der Waals surface area contributed by atoms with E-state index < -0.39 is 11.9 Å². The molecule has 7 nitrogen and oxygen atoms in total. The molecule has 0 amide bonds. The number of hydrogen-bond donors (Lipinski definition) is 4. The van der Waals surface area contributed by atoms with Crippen LogP contribution < -0.4 is 5.73 Å². The van der Waals surface area contributed by atoms with Gasteiger partial charge >= 0.3 is 11.9 Å². The van der Waals surface area contributed by atoms with Gasteiger partial charge in [-0.05, 0) is 12.1 Å². The van der Waals surface area contributed by atoms with Crippen LogP contribution in [0.2, 0.25) is 0 Å². The van der Waals surface area contributed by atoms with Crippen molar-refractivity contribution in [3.63, 3.8) is 0 Å². The molecule has 0 aliphatic carbocycles. The van der Waals surface area contributed by atoms with Gasteiger partial charge in [0.2, 0.25) is 0 Å². The highest BCUT2D eigenvalue weighted by atomic mass is 16.4. The van der Waals surface area contributed by atoms with Gasteiger partial charge in [0.15, 0.2) is 5.95 Å². The van der Waals surface area contributed by atoms with Crippen molar-refractivity contribution in [1.29, 1.82) is 0 Å². The molecule has 0 radical (unpaired) electrons. The van der Waals surface area contributed by atoms with E-state index in [2.05, 4.69) is 9.97 Å². The van der Waals surface area contributed by atoms with E-state index in [1.165, 1.54) is 0 Å². The molecule has 1 heterocycles. The number of nitrogens with two attached hydrogens (primary N) is 1. The highest BCUT2D eigenvalue weighted by Crippen LogP contribution is 2.10. The fourth-order valence-electron chi connectivity index (χ4n) is 0.973. The first-order valence-electron chi connectivity index (χ1n) is 4.17. The van der Waals surface area contributed by atoms with E-state index in [4.69, 9.17) is 25.5 Å². The number of hydrogen-bond acceptors (Lipinski definition) is 4. The average molecular weight is 223 g/mol. The number of anilines is 1. The van der Waals surface area contributed by atoms with Crippen molar-refractivity contribution >= 4 is 28.9 Å². The molecule has 0 aliphatic heterocycles. The zero-order valence-corrected chi connectivity index (χ0v) is 8.04. The van der Waals surface area contributed by atoms with Gasteiger partial charge < -0.3 is 20.9 Å². The molecule has 0 bridgehead atoms. The molecule has 1 aromatic heterocycles. The third-order valence-electron chi connectivity index (χ3n) is 1.59. The number of carbonyl (C=O) groups is 2. The normalized spacial score (nSPS) is 9.25. The van der Waals surface area contributed by atoms with Crippen LogP contribution in [0.25, 0.3) is 11.0 Å². The fourth-order valence-corrected chi connectivity index (χ4v) is 0.973. The summed E-state index contributed by atoms with van der Waals surface area (Å²) in [7, 11) is 0. The van der Waals surface area contributed by atoms with Gasteiger partial charge in [0, 0.05) is 0 Å². The van der Waals surface area contributed by atoms with Crippen molar-refractivity contribution in [1.82, 2.24) is 9.97 Å². The van der Waals surface area contributed by atoms with Crippen LogP contribution in [0, 0.1) is 0 Å². The summed E-state index contributed by atoms with van der Waals surface area (Å²) in [5.74, 6) is -3.17. The third kappa shape index (κ3) is 2.98. The number of carboxylic acid groups (broad SMARTS) is 2. The van der Waals surface area contributed by atoms with Crippen molar-refractivity contribution < 1.29 is 19.8 Å². The average Bonchev–Trinajstić information content (AvgIpc) is 2.58. The second kappa shape index (κ2) is 4.78. The van der Waals surface area contributed by atoms with E-state index in [1.807, 2.05) is 24.3 Å². The molecule has 84 valence electrons. The summed E-state index contributed by atoms with van der Waals surface area (Å²) in [6.45, 7) is 0. The van der Waals surface area contributed by atoms with E-state index in [0.29, 0.717) is 5.95 Å². The fraction of sp³-hybridized carbons (Fsp3) is 0. The molecule has 0 unspecified atom stereocenters. The molecule has 0 saturated carbocycles. The molecule has 16 heavy (non-hydrogen) atoms. The minimum Gasteiger partial charge on any atom is -0.473 e. The molecule has 2 rings (SSSR count). The first-order chi connectivity index (χ1) is 7.50. The van der Waals surface area contributed by atoms with Crippen LogP contribution >= 0.6 is 0 Å². The lowest BCUT2D eigenvalue weighted by atomic mass is 10.3. The lowest BCUT2D eigenvalue weighted by Gasteiger charge is -1.81. The summed E-state index contributed by atoms with van der Waals surface area (Å²) >= 11 is 0. The highest BCUT2D eigenvalue weighted by Gasteiger charge is 2.04. The van der Waals surface area contributed by atoms with Gasteiger partial charge in [-0.25, -0.2) is 14.6 Å². The Labute approximate surface area is 89.5 Å². The molecule has 2 aromatic rings. The summed E-state index contributed by atoms with van der Waals surface area (Å²) in [5, 5.41) is 14.8. The Morgan fingerprint density at radius 2 is 1.75 bits per heavy atom. The number of nitrogens with one attached hydrogen (secondary N) is 1. The summed E-state index contributed by atoms with van der Waals surface area (Å²) in [6, 6.07) is 7.74. The van der Waals surface area contributed by atoms with E-state index in [-0.39, 0.29) is 0 Å². The van der Waals surface area contributed by atoms with Crippen molar-refractivity contribution in [2.24, 2.45) is 0 Å². The minimum absolute atomic E-state index is 0.473. The quantitative estimate of drug-likeness (QED) is 0.475. The Morgan fingerprint density at radius 3 is 2.25 bits per heavy atom. The number of aliphatic carboxylic acids is 2. The maximum Gasteiger partial charge on any atom is 0.414 e. The van der Waals surface area contributed by atoms with Crippen LogP contribution in [-0.2, 0) is 9.59 Å². The van der Waals surface area contributed by atoms with Gasteiger partial charge in [-0.15, -0.1) is 0 Å². The molecule has 0 saturated heterocycles. The number of H-pyrrole nitrogens is 1. The topological polar surface area (TPSA) is 129 Å². The molecule has 1 aromatic carbocycles. The van der Waals surface area contributed by atoms with Gasteiger partial charge in [-0.2, -0.15) is 0 Å². The molecule has 0 fully saturated rings. The number of nitrogen functional groups attached to an aromatic ring is 1. The van der Waals surface area contributed by atoms with Crippen molar-refractivity contribution in [2.45, 2.75) is 0 Å². The number of aromatic nitrogens is 2. The summed E-state index contributed by atoms with van der Waals surface area (Å²) in [4.78, 5) is 25.2. The maximum atomic E-state index is 9.10. The predicted molar refractivity (Wildman–Crippen MR) is 55.8 cm³/mol. The highest BCUT2D eigenvalue weighted by molar-refractivity contribution is 6.27. The molecule has 5 N–H and O–H groups in total. The minimum atomic E-state index is -1.82. The number of rotatable bonds is 0. The van der Waals surface area contributed by atoms with Crippen molar-refractivity contribution in [2.75, 3.05) is 5.73 Å². The largest absolute Gasteiger partial charge is 0.473 e. The standard InChI is InChI=1S/C7H7N3.C2H2O4/c8-7-9-5-3-1-2-4-6(5)10-7;3-1(4)2(5)6/h1-4H,(H3,8,9,10);(H,3,4)(H,5,6). The van der Waals surface area contributed by atoms with E-state index in [0.717, 1.165) is 11.0 Å². The Balaban J connectivity index is 0.000000187. The zero-order chi connectivity index (χ0) is 12.1. The number of aromatic amines is 1. The molecule has 0 spiro atoms. The summed E-state index contributed by atoms with van der Waals surface area (Å²) < 4.78 is 0. The van der Waals surface area contributed by atoms with E-state index >= 15 is 0 Å². The molecular weight excluding hydrogens is 214 g/mol. The molecule has 0 aliphatic rings. The van der Waals surface area contributed by atoms with Gasteiger partial charge in [-0.3, -0.25) is 0 Å². The van der Waals surface area contributed by atoms with Gasteiger partial charge in [0.1, 0.15) is 0 Å². The molecule has 7 heteroatoms. The van der Waals surface area contributed by atoms with Crippen LogP contribution in [0.15, 0.2) is 24.3 Å². The number of nitrogens with zero attached hydrogens (tertiary/aromatic N) is 1. The number of benzene rings is 1. The van der Waals surface area contributed by atoms with Crippen LogP contribution in [0.5, 0.6) is 0 Å². The lowest BCUT2D eigenvalue weighted by molar-refractivity contribution is -0.159. The van der Waals surface area contributed by atoms with Crippen LogP contribution in [0.3, 0.4) is 0 Å². The number of fused-ring (bicyclic) bond motifs is 1. The Hall–Kier alpha value is -2.57. The van der Waals surface area contributed by atoms with Crippen LogP contribution in [-0.4, -0.2) is 32.1 Å². The van der Waals surface area contributed by atoms with Gasteiger partial charge in [0.25, 0.3) is 0 Å². The van der Waals surface area contributed by atoms with Crippen molar-refractivity contribution in [3.8, 4) is 0 Å². The molecular formula is C9H9N3O4. The molecule has 0 atom stereocenters. The zero-order valence-electron chi connectivity index (χ0n) is 8.04. The summed E-state index contributed by atoms with van der Waals surface area (Å²) in [6.07, 6.45) is 0.